The number of carbonyl (C=O) groups excluding carboxylic acids is 2. The summed E-state index contributed by atoms with van der Waals surface area (Å²) in [6.07, 6.45) is -4.49. The largest absolute Gasteiger partial charge is 0.394 e. The first-order valence-corrected chi connectivity index (χ1v) is 6.61. The summed E-state index contributed by atoms with van der Waals surface area (Å²) in [6, 6.07) is -0.898. The molecule has 8 nitrogen and oxygen atoms in total. The van der Waals surface area contributed by atoms with Crippen molar-refractivity contribution in [1.29, 1.82) is 0 Å². The van der Waals surface area contributed by atoms with E-state index in [2.05, 4.69) is 15.9 Å². The molecule has 0 aromatic carbocycles. The molecule has 5 atom stereocenters. The van der Waals surface area contributed by atoms with Crippen molar-refractivity contribution in [1.82, 2.24) is 10.2 Å². The highest BCUT2D eigenvalue weighted by Crippen LogP contribution is 2.36. The molecule has 0 spiro atoms. The van der Waals surface area contributed by atoms with E-state index in [0.29, 0.717) is 0 Å². The van der Waals surface area contributed by atoms with Gasteiger partial charge in [0.25, 0.3) is 10.5 Å². The van der Waals surface area contributed by atoms with E-state index >= 15 is 0 Å². The molecule has 114 valence electrons. The highest BCUT2D eigenvalue weighted by molar-refractivity contribution is 9.10. The Morgan fingerprint density at radius 2 is 2.30 bits per heavy atom. The molecule has 5 unspecified atom stereocenters. The second kappa shape index (κ2) is 5.53. The van der Waals surface area contributed by atoms with E-state index in [1.54, 1.807) is 0 Å². The third-order valence-electron chi connectivity index (χ3n) is 3.24. The zero-order chi connectivity index (χ0) is 15.1. The smallest absolute Gasteiger partial charge is 0.328 e. The number of imide groups is 1. The van der Waals surface area contributed by atoms with Gasteiger partial charge in [-0.25, -0.2) is 9.18 Å². The Labute approximate surface area is 121 Å². The predicted molar refractivity (Wildman–Crippen MR) is 65.3 cm³/mol. The molecule has 2 rings (SSSR count). The van der Waals surface area contributed by atoms with Crippen LogP contribution in [0.4, 0.5) is 9.18 Å². The number of urea groups is 1. The van der Waals surface area contributed by atoms with Crippen molar-refractivity contribution in [3.63, 3.8) is 0 Å². The van der Waals surface area contributed by atoms with Gasteiger partial charge in [0.2, 0.25) is 0 Å². The quantitative estimate of drug-likeness (QED) is 0.562. The molecule has 2 heterocycles. The van der Waals surface area contributed by atoms with Gasteiger partial charge in [-0.3, -0.25) is 15.0 Å². The molecule has 0 radical (unpaired) electrons. The van der Waals surface area contributed by atoms with Crippen LogP contribution < -0.4 is 5.32 Å². The number of nitrogens with zero attached hydrogens (tertiary/aromatic N) is 1. The van der Waals surface area contributed by atoms with Gasteiger partial charge in [0.15, 0.2) is 6.23 Å². The number of ether oxygens (including phenoxy) is 2. The molecular weight excluding hydrogens is 343 g/mol. The fourth-order valence-electron chi connectivity index (χ4n) is 2.23. The number of amides is 3. The van der Waals surface area contributed by atoms with E-state index in [1.807, 2.05) is 5.32 Å². The molecule has 0 aliphatic carbocycles. The van der Waals surface area contributed by atoms with Crippen molar-refractivity contribution in [2.24, 2.45) is 0 Å². The Bertz CT molecular complexity index is 423. The van der Waals surface area contributed by atoms with E-state index in [1.165, 1.54) is 0 Å². The molecule has 20 heavy (non-hydrogen) atoms. The summed E-state index contributed by atoms with van der Waals surface area (Å²) >= 11 is 2.58. The number of carbonyl (C=O) groups is 2. The molecule has 0 saturated carbocycles. The molecule has 3 N–H and O–H groups in total. The number of hydrogen-bond acceptors (Lipinski definition) is 6. The summed E-state index contributed by atoms with van der Waals surface area (Å²) < 4.78 is 21.8. The molecule has 0 bridgehead atoms. The van der Waals surface area contributed by atoms with Crippen LogP contribution in [0, 0.1) is 0 Å². The minimum atomic E-state index is -2.64. The lowest BCUT2D eigenvalue weighted by molar-refractivity contribution is -0.169. The normalized spacial score (nSPS) is 42.0. The maximum atomic E-state index is 14.3. The van der Waals surface area contributed by atoms with Crippen LogP contribution in [0.3, 0.4) is 0 Å². The van der Waals surface area contributed by atoms with E-state index in [4.69, 9.17) is 14.6 Å². The van der Waals surface area contributed by atoms with Crippen LogP contribution in [-0.2, 0) is 14.3 Å². The molecule has 2 aliphatic heterocycles. The van der Waals surface area contributed by atoms with Gasteiger partial charge in [0, 0.05) is 13.5 Å². The second-order valence-corrected chi connectivity index (χ2v) is 5.65. The van der Waals surface area contributed by atoms with E-state index in [-0.39, 0.29) is 6.42 Å². The summed E-state index contributed by atoms with van der Waals surface area (Å²) in [5.74, 6) is -1.18. The molecule has 2 fully saturated rings. The number of hydrogen-bond donors (Lipinski definition) is 3. The first-order valence-electron chi connectivity index (χ1n) is 5.81. The van der Waals surface area contributed by atoms with Gasteiger partial charge in [-0.2, -0.15) is 0 Å². The van der Waals surface area contributed by atoms with Crippen molar-refractivity contribution in [2.45, 2.75) is 35.7 Å². The number of aliphatic hydroxyl groups excluding tert-OH is 2. The van der Waals surface area contributed by atoms with Crippen LogP contribution >= 0.6 is 15.9 Å². The fourth-order valence-corrected chi connectivity index (χ4v) is 2.74. The number of nitrogens with one attached hydrogen (secondary N) is 1. The van der Waals surface area contributed by atoms with Gasteiger partial charge < -0.3 is 19.7 Å². The summed E-state index contributed by atoms with van der Waals surface area (Å²) in [5.41, 5.74) is 0. The van der Waals surface area contributed by atoms with Crippen LogP contribution in [0.1, 0.15) is 6.42 Å². The van der Waals surface area contributed by atoms with Gasteiger partial charge in [0.1, 0.15) is 12.3 Å². The minimum Gasteiger partial charge on any atom is -0.394 e. The SMILES string of the molecule is COC1N(C2CC(O)C(CO)O2)C(=O)NC(=O)C1(F)Br. The Hall–Kier alpha value is -0.810. The van der Waals surface area contributed by atoms with E-state index in [9.17, 15) is 19.1 Å². The van der Waals surface area contributed by atoms with Crippen molar-refractivity contribution in [3.05, 3.63) is 0 Å². The average molecular weight is 357 g/mol. The summed E-state index contributed by atoms with van der Waals surface area (Å²) in [6.45, 7) is -0.446. The first-order chi connectivity index (χ1) is 9.32. The molecule has 2 saturated heterocycles. The van der Waals surface area contributed by atoms with Gasteiger partial charge >= 0.3 is 6.03 Å². The lowest BCUT2D eigenvalue weighted by atomic mass is 10.1. The Morgan fingerprint density at radius 1 is 1.65 bits per heavy atom. The monoisotopic (exact) mass is 356 g/mol. The Kier molecular flexibility index (Phi) is 4.30. The Balaban J connectivity index is 2.25. The van der Waals surface area contributed by atoms with E-state index in [0.717, 1.165) is 12.0 Å². The van der Waals surface area contributed by atoms with Gasteiger partial charge in [0.05, 0.1) is 12.7 Å². The zero-order valence-corrected chi connectivity index (χ0v) is 12.0. The molecule has 3 amide bonds. The topological polar surface area (TPSA) is 108 Å². The molecule has 2 aliphatic rings. The molecule has 0 aromatic heterocycles. The average Bonchev–Trinajstić information content (AvgIpc) is 2.74. The van der Waals surface area contributed by atoms with Crippen molar-refractivity contribution < 1.29 is 33.7 Å². The summed E-state index contributed by atoms with van der Waals surface area (Å²) in [7, 11) is 1.13. The fraction of sp³-hybridized carbons (Fsp3) is 0.800. The zero-order valence-electron chi connectivity index (χ0n) is 10.5. The van der Waals surface area contributed by atoms with Crippen LogP contribution in [0.15, 0.2) is 0 Å². The number of methoxy groups -OCH3 is 1. The van der Waals surface area contributed by atoms with Gasteiger partial charge in [-0.15, -0.1) is 0 Å². The van der Waals surface area contributed by atoms with Gasteiger partial charge in [-0.1, -0.05) is 0 Å². The standard InChI is InChI=1S/C10H14BrFN2O6/c1-19-8-10(11,12)7(17)13-9(18)14(8)6-2-4(16)5(3-15)20-6/h4-6,8,15-16H,2-3H2,1H3,(H,13,17,18). The third kappa shape index (κ3) is 2.42. The van der Waals surface area contributed by atoms with Crippen LogP contribution in [0.5, 0.6) is 0 Å². The third-order valence-corrected chi connectivity index (χ3v) is 3.99. The number of halogens is 2. The van der Waals surface area contributed by atoms with Crippen molar-refractivity contribution in [2.75, 3.05) is 13.7 Å². The molecule has 10 heteroatoms. The van der Waals surface area contributed by atoms with Crippen LogP contribution in [-0.4, -0.2) is 70.0 Å². The van der Waals surface area contributed by atoms with Gasteiger partial charge in [-0.05, 0) is 15.9 Å². The van der Waals surface area contributed by atoms with Crippen LogP contribution in [0.2, 0.25) is 0 Å². The highest BCUT2D eigenvalue weighted by atomic mass is 79.9. The first kappa shape index (κ1) is 15.6. The lowest BCUT2D eigenvalue weighted by Gasteiger charge is -2.42. The second-order valence-electron chi connectivity index (χ2n) is 4.49. The summed E-state index contributed by atoms with van der Waals surface area (Å²) in [4.78, 5) is 24.1. The maximum Gasteiger partial charge on any atom is 0.328 e. The maximum absolute atomic E-state index is 14.3. The minimum absolute atomic E-state index is 0.0320. The van der Waals surface area contributed by atoms with Crippen LogP contribution in [0.25, 0.3) is 0 Å². The lowest BCUT2D eigenvalue weighted by Crippen LogP contribution is -2.68. The number of aliphatic hydroxyl groups is 2. The molecular formula is C10H14BrFN2O6. The van der Waals surface area contributed by atoms with Crippen molar-refractivity contribution in [3.8, 4) is 0 Å². The van der Waals surface area contributed by atoms with Crippen molar-refractivity contribution >= 4 is 27.9 Å². The highest BCUT2D eigenvalue weighted by Gasteiger charge is 2.57. The summed E-state index contributed by atoms with van der Waals surface area (Å²) in [5, 5.41) is 20.5. The molecule has 0 aromatic rings. The number of rotatable bonds is 3. The van der Waals surface area contributed by atoms with E-state index < -0.39 is 47.8 Å². The number of alkyl halides is 2. The predicted octanol–water partition coefficient (Wildman–Crippen LogP) is -0.960. The Morgan fingerprint density at radius 3 is 2.80 bits per heavy atom.